The summed E-state index contributed by atoms with van der Waals surface area (Å²) in [6.07, 6.45) is -0.675. The Balaban J connectivity index is 2.76. The first-order valence-corrected chi connectivity index (χ1v) is 5.78. The molecular weight excluding hydrogens is 248 g/mol. The summed E-state index contributed by atoms with van der Waals surface area (Å²) in [7, 11) is 0. The molecule has 1 fully saturated rings. The van der Waals surface area contributed by atoms with Gasteiger partial charge in [-0.25, -0.2) is 4.79 Å². The zero-order valence-electron chi connectivity index (χ0n) is 10.6. The van der Waals surface area contributed by atoms with Crippen LogP contribution in [0.25, 0.3) is 0 Å². The summed E-state index contributed by atoms with van der Waals surface area (Å²) in [5.41, 5.74) is 0. The normalized spacial score (nSPS) is 24.8. The van der Waals surface area contributed by atoms with Gasteiger partial charge in [-0.05, 0) is 20.8 Å². The van der Waals surface area contributed by atoms with E-state index < -0.39 is 17.8 Å². The van der Waals surface area contributed by atoms with Gasteiger partial charge < -0.3 is 14.4 Å². The topological polar surface area (TPSA) is 55.8 Å². The summed E-state index contributed by atoms with van der Waals surface area (Å²) in [4.78, 5) is 23.6. The maximum absolute atomic E-state index is 13.5. The lowest BCUT2D eigenvalue weighted by Gasteiger charge is -2.36. The molecule has 0 aromatic carbocycles. The molecule has 1 amide bonds. The van der Waals surface area contributed by atoms with Crippen LogP contribution < -0.4 is 0 Å². The first-order valence-electron chi connectivity index (χ1n) is 5.78. The molecule has 0 bridgehead atoms. The second-order valence-electron chi connectivity index (χ2n) is 4.26. The van der Waals surface area contributed by atoms with Crippen LogP contribution in [0, 0.1) is 0 Å². The lowest BCUT2D eigenvalue weighted by atomic mass is 10.2. The first kappa shape index (κ1) is 14.8. The van der Waals surface area contributed by atoms with Crippen molar-refractivity contribution in [3.05, 3.63) is 0 Å². The van der Waals surface area contributed by atoms with Crippen molar-refractivity contribution in [3.63, 3.8) is 0 Å². The molecule has 1 heterocycles. The van der Waals surface area contributed by atoms with E-state index in [0.29, 0.717) is 0 Å². The van der Waals surface area contributed by atoms with E-state index in [0.717, 1.165) is 4.90 Å². The van der Waals surface area contributed by atoms with E-state index in [2.05, 4.69) is 4.74 Å². The fraction of sp³-hybridized carbons (Fsp3) is 0.818. The van der Waals surface area contributed by atoms with E-state index in [9.17, 15) is 18.4 Å². The number of ether oxygens (including phenoxy) is 2. The number of carbonyl (C=O) groups excluding carboxylic acids is 2. The van der Waals surface area contributed by atoms with Gasteiger partial charge >= 0.3 is 17.8 Å². The molecule has 1 aliphatic heterocycles. The van der Waals surface area contributed by atoms with Gasteiger partial charge in [0, 0.05) is 13.1 Å². The Hall–Kier alpha value is -1.24. The molecule has 0 unspecified atom stereocenters. The highest BCUT2D eigenvalue weighted by molar-refractivity contribution is 6.04. The minimum absolute atomic E-state index is 0.0398. The number of halogens is 2. The third-order valence-electron chi connectivity index (χ3n) is 2.51. The molecular formula is C11H17F2NO4. The number of alkyl halides is 2. The molecule has 5 nitrogen and oxygen atoms in total. The number of hydrogen-bond donors (Lipinski definition) is 0. The lowest BCUT2D eigenvalue weighted by molar-refractivity contribution is -0.187. The molecule has 1 saturated heterocycles. The van der Waals surface area contributed by atoms with E-state index in [1.807, 2.05) is 0 Å². The van der Waals surface area contributed by atoms with Crippen LogP contribution in [0.15, 0.2) is 0 Å². The Morgan fingerprint density at radius 3 is 2.28 bits per heavy atom. The van der Waals surface area contributed by atoms with Crippen LogP contribution in [0.1, 0.15) is 20.8 Å². The predicted molar refractivity (Wildman–Crippen MR) is 58.2 cm³/mol. The molecule has 0 radical (unpaired) electrons. The highest BCUT2D eigenvalue weighted by Crippen LogP contribution is 2.22. The summed E-state index contributed by atoms with van der Waals surface area (Å²) < 4.78 is 36.6. The van der Waals surface area contributed by atoms with Gasteiger partial charge in [0.15, 0.2) is 0 Å². The molecule has 0 N–H and O–H groups in total. The first-order chi connectivity index (χ1) is 8.28. The van der Waals surface area contributed by atoms with E-state index in [-0.39, 0.29) is 31.9 Å². The minimum Gasteiger partial charge on any atom is -0.461 e. The Labute approximate surface area is 104 Å². The Morgan fingerprint density at radius 2 is 1.83 bits per heavy atom. The Kier molecular flexibility index (Phi) is 4.61. The van der Waals surface area contributed by atoms with E-state index in [1.165, 1.54) is 6.92 Å². The Bertz CT molecular complexity index is 325. The molecule has 2 atom stereocenters. The largest absolute Gasteiger partial charge is 0.461 e. The molecule has 0 saturated carbocycles. The third-order valence-corrected chi connectivity index (χ3v) is 2.51. The van der Waals surface area contributed by atoms with Crippen molar-refractivity contribution in [1.29, 1.82) is 0 Å². The van der Waals surface area contributed by atoms with Gasteiger partial charge in [-0.2, -0.15) is 8.78 Å². The summed E-state index contributed by atoms with van der Waals surface area (Å²) in [6, 6.07) is 0. The van der Waals surface area contributed by atoms with Gasteiger partial charge in [-0.1, -0.05) is 0 Å². The number of rotatable bonds is 3. The van der Waals surface area contributed by atoms with Gasteiger partial charge in [-0.3, -0.25) is 4.79 Å². The SMILES string of the molecule is CCOC(=O)C(F)(F)C(=O)N1C[C@@H](C)O[C@@H](C)C1. The van der Waals surface area contributed by atoms with Crippen LogP contribution in [0.5, 0.6) is 0 Å². The summed E-state index contributed by atoms with van der Waals surface area (Å²) >= 11 is 0. The Morgan fingerprint density at radius 1 is 1.33 bits per heavy atom. The van der Waals surface area contributed by atoms with E-state index in [4.69, 9.17) is 4.74 Å². The van der Waals surface area contributed by atoms with Crippen molar-refractivity contribution in [2.45, 2.75) is 38.9 Å². The number of hydrogen-bond acceptors (Lipinski definition) is 4. The van der Waals surface area contributed by atoms with Crippen LogP contribution in [0.2, 0.25) is 0 Å². The highest BCUT2D eigenvalue weighted by atomic mass is 19.3. The van der Waals surface area contributed by atoms with Crippen molar-refractivity contribution in [2.75, 3.05) is 19.7 Å². The molecule has 1 aliphatic rings. The van der Waals surface area contributed by atoms with Gasteiger partial charge in [-0.15, -0.1) is 0 Å². The summed E-state index contributed by atoms with van der Waals surface area (Å²) in [5, 5.41) is 0. The number of amides is 1. The predicted octanol–water partition coefficient (Wildman–Crippen LogP) is 0.821. The molecule has 0 aromatic heterocycles. The summed E-state index contributed by atoms with van der Waals surface area (Å²) in [6.45, 7) is 4.64. The average Bonchev–Trinajstić information content (AvgIpc) is 2.26. The lowest BCUT2D eigenvalue weighted by Crippen LogP contribution is -2.55. The van der Waals surface area contributed by atoms with Crippen molar-refractivity contribution >= 4 is 11.9 Å². The smallest absolute Gasteiger partial charge is 0.419 e. The van der Waals surface area contributed by atoms with Crippen LogP contribution in [-0.4, -0.2) is 54.6 Å². The van der Waals surface area contributed by atoms with Crippen molar-refractivity contribution in [3.8, 4) is 0 Å². The zero-order valence-corrected chi connectivity index (χ0v) is 10.6. The fourth-order valence-corrected chi connectivity index (χ4v) is 1.85. The minimum atomic E-state index is -4.13. The molecule has 0 aliphatic carbocycles. The van der Waals surface area contributed by atoms with Gasteiger partial charge in [0.25, 0.3) is 0 Å². The third kappa shape index (κ3) is 3.16. The van der Waals surface area contributed by atoms with Gasteiger partial charge in [0.05, 0.1) is 18.8 Å². The number of nitrogens with zero attached hydrogens (tertiary/aromatic N) is 1. The maximum atomic E-state index is 13.5. The van der Waals surface area contributed by atoms with Gasteiger partial charge in [0.2, 0.25) is 0 Å². The van der Waals surface area contributed by atoms with Crippen LogP contribution >= 0.6 is 0 Å². The monoisotopic (exact) mass is 265 g/mol. The van der Waals surface area contributed by atoms with Gasteiger partial charge in [0.1, 0.15) is 0 Å². The van der Waals surface area contributed by atoms with Crippen molar-refractivity contribution in [1.82, 2.24) is 4.90 Å². The second kappa shape index (κ2) is 5.60. The number of esters is 1. The van der Waals surface area contributed by atoms with Crippen LogP contribution in [0.3, 0.4) is 0 Å². The molecule has 1 rings (SSSR count). The van der Waals surface area contributed by atoms with Crippen molar-refractivity contribution in [2.24, 2.45) is 0 Å². The number of morpholine rings is 1. The second-order valence-corrected chi connectivity index (χ2v) is 4.26. The molecule has 104 valence electrons. The molecule has 18 heavy (non-hydrogen) atoms. The zero-order chi connectivity index (χ0) is 13.9. The standard InChI is InChI=1S/C11H17F2NO4/c1-4-17-10(16)11(12,13)9(15)14-5-7(2)18-8(3)6-14/h7-8H,4-6H2,1-3H3/t7-,8+. The fourth-order valence-electron chi connectivity index (χ4n) is 1.85. The molecule has 0 spiro atoms. The average molecular weight is 265 g/mol. The molecule has 0 aromatic rings. The van der Waals surface area contributed by atoms with Crippen LogP contribution in [-0.2, 0) is 19.1 Å². The quantitative estimate of drug-likeness (QED) is 0.560. The summed E-state index contributed by atoms with van der Waals surface area (Å²) in [5.74, 6) is -7.46. The van der Waals surface area contributed by atoms with Crippen LogP contribution in [0.4, 0.5) is 8.78 Å². The molecule has 7 heteroatoms. The van der Waals surface area contributed by atoms with Crippen molar-refractivity contribution < 1.29 is 27.8 Å². The van der Waals surface area contributed by atoms with E-state index in [1.54, 1.807) is 13.8 Å². The highest BCUT2D eigenvalue weighted by Gasteiger charge is 2.52. The maximum Gasteiger partial charge on any atom is 0.419 e. The number of carbonyl (C=O) groups is 2. The van der Waals surface area contributed by atoms with E-state index >= 15 is 0 Å².